The molecule has 4 heteroatoms. The van der Waals surface area contributed by atoms with Crippen molar-refractivity contribution in [3.8, 4) is 5.75 Å². The van der Waals surface area contributed by atoms with Crippen LogP contribution in [0.4, 0.5) is 0 Å². The van der Waals surface area contributed by atoms with Gasteiger partial charge in [-0.2, -0.15) is 11.8 Å². The molecule has 1 aromatic rings. The van der Waals surface area contributed by atoms with E-state index in [-0.39, 0.29) is 11.9 Å². The molecule has 1 aliphatic rings. The van der Waals surface area contributed by atoms with E-state index in [1.54, 1.807) is 18.9 Å². The summed E-state index contributed by atoms with van der Waals surface area (Å²) in [6.07, 6.45) is 6.58. The number of hydrogen-bond acceptors (Lipinski definition) is 3. The van der Waals surface area contributed by atoms with Crippen LogP contribution in [0.5, 0.6) is 5.75 Å². The summed E-state index contributed by atoms with van der Waals surface area (Å²) < 4.78 is 5.21. The molecule has 1 aliphatic heterocycles. The fraction of sp³-hybridized carbons (Fsp3) is 0.562. The number of carbonyl (C=O) groups excluding carboxylic acids is 1. The Labute approximate surface area is 125 Å². The van der Waals surface area contributed by atoms with Crippen LogP contribution in [0.2, 0.25) is 0 Å². The van der Waals surface area contributed by atoms with Gasteiger partial charge in [0.2, 0.25) is 5.91 Å². The molecule has 1 amide bonds. The first-order valence-electron chi connectivity index (χ1n) is 7.18. The lowest BCUT2D eigenvalue weighted by Gasteiger charge is -2.30. The molecule has 1 saturated heterocycles. The Morgan fingerprint density at radius 1 is 1.30 bits per heavy atom. The normalized spacial score (nSPS) is 19.5. The third-order valence-corrected chi connectivity index (χ3v) is 4.38. The molecule has 0 aromatic heterocycles. The summed E-state index contributed by atoms with van der Waals surface area (Å²) >= 11 is 1.60. The van der Waals surface area contributed by atoms with Crippen molar-refractivity contribution < 1.29 is 9.53 Å². The van der Waals surface area contributed by atoms with Gasteiger partial charge in [0.1, 0.15) is 5.75 Å². The Bertz CT molecular complexity index is 433. The van der Waals surface area contributed by atoms with Crippen LogP contribution < -0.4 is 4.74 Å². The molecule has 0 bridgehead atoms. The second kappa shape index (κ2) is 7.58. The van der Waals surface area contributed by atoms with Gasteiger partial charge in [-0.25, -0.2) is 0 Å². The number of amides is 1. The first-order chi connectivity index (χ1) is 9.76. The van der Waals surface area contributed by atoms with Gasteiger partial charge in [0.15, 0.2) is 0 Å². The molecule has 0 aliphatic carbocycles. The number of hydrogen-bond donors (Lipinski definition) is 0. The average Bonchev–Trinajstić information content (AvgIpc) is 2.73. The molecular weight excluding hydrogens is 270 g/mol. The second-order valence-corrected chi connectivity index (χ2v) is 6.02. The lowest BCUT2D eigenvalue weighted by atomic mass is 10.0. The zero-order valence-corrected chi connectivity index (χ0v) is 13.1. The number of thioether (sulfide) groups is 1. The number of benzene rings is 1. The second-order valence-electron chi connectivity index (χ2n) is 5.16. The fourth-order valence-electron chi connectivity index (χ4n) is 2.79. The van der Waals surface area contributed by atoms with Crippen molar-refractivity contribution >= 4 is 17.7 Å². The van der Waals surface area contributed by atoms with Crippen molar-refractivity contribution in [3.05, 3.63) is 29.8 Å². The van der Waals surface area contributed by atoms with E-state index < -0.39 is 0 Å². The predicted octanol–water partition coefficient (Wildman–Crippen LogP) is 3.50. The number of ether oxygens (including phenoxy) is 1. The molecule has 0 spiro atoms. The van der Waals surface area contributed by atoms with Gasteiger partial charge in [-0.15, -0.1) is 0 Å². The predicted molar refractivity (Wildman–Crippen MR) is 84.3 cm³/mol. The van der Waals surface area contributed by atoms with E-state index in [1.807, 2.05) is 18.4 Å². The number of carbonyl (C=O) groups is 1. The topological polar surface area (TPSA) is 29.5 Å². The van der Waals surface area contributed by atoms with Crippen molar-refractivity contribution in [2.24, 2.45) is 0 Å². The van der Waals surface area contributed by atoms with E-state index in [9.17, 15) is 4.79 Å². The summed E-state index contributed by atoms with van der Waals surface area (Å²) in [4.78, 5) is 14.4. The third kappa shape index (κ3) is 3.69. The molecule has 0 saturated carbocycles. The monoisotopic (exact) mass is 293 g/mol. The van der Waals surface area contributed by atoms with Gasteiger partial charge in [-0.3, -0.25) is 4.79 Å². The molecule has 3 nitrogen and oxygen atoms in total. The van der Waals surface area contributed by atoms with E-state index in [0.29, 0.717) is 5.75 Å². The zero-order chi connectivity index (χ0) is 14.4. The molecule has 1 atom stereocenters. The number of rotatable bonds is 4. The number of methoxy groups -OCH3 is 1. The molecule has 1 aromatic carbocycles. The first-order valence-corrected chi connectivity index (χ1v) is 8.58. The van der Waals surface area contributed by atoms with Gasteiger partial charge in [-0.1, -0.05) is 25.0 Å². The first kappa shape index (κ1) is 15.2. The summed E-state index contributed by atoms with van der Waals surface area (Å²) in [5, 5.41) is 0. The molecule has 0 N–H and O–H groups in total. The Balaban J connectivity index is 2.20. The van der Waals surface area contributed by atoms with Crippen LogP contribution in [0, 0.1) is 0 Å². The molecule has 2 rings (SSSR count). The minimum atomic E-state index is 0.225. The van der Waals surface area contributed by atoms with Crippen molar-refractivity contribution in [2.45, 2.75) is 31.7 Å². The van der Waals surface area contributed by atoms with Crippen LogP contribution in [-0.4, -0.2) is 36.5 Å². The van der Waals surface area contributed by atoms with Crippen LogP contribution in [0.3, 0.4) is 0 Å². The van der Waals surface area contributed by atoms with E-state index >= 15 is 0 Å². The molecule has 0 radical (unpaired) electrons. The summed E-state index contributed by atoms with van der Waals surface area (Å²) in [6.45, 7) is 0.885. The highest BCUT2D eigenvalue weighted by Gasteiger charge is 2.26. The van der Waals surface area contributed by atoms with E-state index in [1.165, 1.54) is 18.4 Å². The van der Waals surface area contributed by atoms with Gasteiger partial charge in [-0.05, 0) is 36.8 Å². The summed E-state index contributed by atoms with van der Waals surface area (Å²) in [5.74, 6) is 1.71. The van der Waals surface area contributed by atoms with Crippen LogP contribution in [0.1, 0.15) is 37.3 Å². The van der Waals surface area contributed by atoms with E-state index in [0.717, 1.165) is 25.1 Å². The summed E-state index contributed by atoms with van der Waals surface area (Å²) in [7, 11) is 1.68. The van der Waals surface area contributed by atoms with Crippen molar-refractivity contribution in [1.29, 1.82) is 0 Å². The highest BCUT2D eigenvalue weighted by atomic mass is 32.2. The van der Waals surface area contributed by atoms with Gasteiger partial charge in [0, 0.05) is 6.54 Å². The maximum absolute atomic E-state index is 12.3. The lowest BCUT2D eigenvalue weighted by Crippen LogP contribution is -2.36. The van der Waals surface area contributed by atoms with Crippen LogP contribution >= 0.6 is 11.8 Å². The van der Waals surface area contributed by atoms with Crippen LogP contribution in [0.25, 0.3) is 0 Å². The van der Waals surface area contributed by atoms with Crippen molar-refractivity contribution in [1.82, 2.24) is 4.90 Å². The standard InChI is InChI=1S/C16H23NO2S/c1-19-14-9-7-13(8-10-14)15-6-4-3-5-11-17(15)16(18)12-20-2/h7-10,15H,3-6,11-12H2,1-2H3. The maximum Gasteiger partial charge on any atom is 0.233 e. The SMILES string of the molecule is COc1ccc(C2CCCCCN2C(=O)CSC)cc1. The molecular formula is C16H23NO2S. The molecule has 1 fully saturated rings. The van der Waals surface area contributed by atoms with Gasteiger partial charge in [0.05, 0.1) is 18.9 Å². The van der Waals surface area contributed by atoms with Crippen LogP contribution in [0.15, 0.2) is 24.3 Å². The minimum absolute atomic E-state index is 0.225. The Hall–Kier alpha value is -1.16. The maximum atomic E-state index is 12.3. The third-order valence-electron chi connectivity index (χ3n) is 3.84. The average molecular weight is 293 g/mol. The Morgan fingerprint density at radius 2 is 2.05 bits per heavy atom. The quantitative estimate of drug-likeness (QED) is 0.851. The molecule has 1 unspecified atom stereocenters. The number of nitrogens with zero attached hydrogens (tertiary/aromatic N) is 1. The highest BCUT2D eigenvalue weighted by Crippen LogP contribution is 2.31. The zero-order valence-electron chi connectivity index (χ0n) is 12.3. The smallest absolute Gasteiger partial charge is 0.233 e. The molecule has 1 heterocycles. The van der Waals surface area contributed by atoms with E-state index in [4.69, 9.17) is 4.74 Å². The highest BCUT2D eigenvalue weighted by molar-refractivity contribution is 7.99. The minimum Gasteiger partial charge on any atom is -0.497 e. The van der Waals surface area contributed by atoms with Gasteiger partial charge < -0.3 is 9.64 Å². The molecule has 110 valence electrons. The number of likely N-dealkylation sites (tertiary alicyclic amines) is 1. The van der Waals surface area contributed by atoms with Crippen molar-refractivity contribution in [2.75, 3.05) is 25.7 Å². The molecule has 20 heavy (non-hydrogen) atoms. The van der Waals surface area contributed by atoms with Gasteiger partial charge in [0.25, 0.3) is 0 Å². The van der Waals surface area contributed by atoms with Gasteiger partial charge >= 0.3 is 0 Å². The lowest BCUT2D eigenvalue weighted by molar-refractivity contribution is -0.130. The summed E-state index contributed by atoms with van der Waals surface area (Å²) in [6, 6.07) is 8.38. The Kier molecular flexibility index (Phi) is 5.77. The Morgan fingerprint density at radius 3 is 2.70 bits per heavy atom. The van der Waals surface area contributed by atoms with Crippen LogP contribution in [-0.2, 0) is 4.79 Å². The van der Waals surface area contributed by atoms with E-state index in [2.05, 4.69) is 17.0 Å². The fourth-order valence-corrected chi connectivity index (χ4v) is 3.20. The summed E-state index contributed by atoms with van der Waals surface area (Å²) in [5.41, 5.74) is 1.22. The van der Waals surface area contributed by atoms with Crippen molar-refractivity contribution in [3.63, 3.8) is 0 Å². The largest absolute Gasteiger partial charge is 0.497 e.